The highest BCUT2D eigenvalue weighted by Gasteiger charge is 2.38. The molecule has 0 aromatic heterocycles. The largest absolute Gasteiger partial charge is 0.416 e. The summed E-state index contributed by atoms with van der Waals surface area (Å²) < 4.78 is 160. The third-order valence-corrected chi connectivity index (χ3v) is 8.31. The van der Waals surface area contributed by atoms with Crippen LogP contribution in [0.5, 0.6) is 0 Å². The first-order chi connectivity index (χ1) is 24.0. The number of rotatable bonds is 4. The monoisotopic (exact) mass is 780 g/mol. The van der Waals surface area contributed by atoms with Crippen molar-refractivity contribution in [1.29, 1.82) is 0 Å². The lowest BCUT2D eigenvalue weighted by Gasteiger charge is -2.20. The Labute approximate surface area is 298 Å². The molecule has 4 aromatic carbocycles. The van der Waals surface area contributed by atoms with Gasteiger partial charge in [-0.05, 0) is 121 Å². The molecule has 0 spiro atoms. The molecule has 52 heavy (non-hydrogen) atoms. The van der Waals surface area contributed by atoms with E-state index in [9.17, 15) is 52.7 Å². The van der Waals surface area contributed by atoms with Crippen LogP contribution in [0.4, 0.5) is 75.4 Å². The summed E-state index contributed by atoms with van der Waals surface area (Å²) in [6.07, 6.45) is -18.6. The number of halogens is 12. The first-order valence-electron chi connectivity index (χ1n) is 15.0. The van der Waals surface area contributed by atoms with Gasteiger partial charge in [0.25, 0.3) is 0 Å². The predicted molar refractivity (Wildman–Crippen MR) is 180 cm³/mol. The summed E-state index contributed by atoms with van der Waals surface area (Å²) in [5.74, 6) is 0. The number of benzene rings is 4. The summed E-state index contributed by atoms with van der Waals surface area (Å²) in [7, 11) is 0. The van der Waals surface area contributed by atoms with Crippen molar-refractivity contribution in [3.63, 3.8) is 0 Å². The second kappa shape index (κ2) is 14.4. The minimum Gasteiger partial charge on any atom is -0.332 e. The number of hydrogen-bond acceptors (Lipinski definition) is 2. The van der Waals surface area contributed by atoms with Crippen molar-refractivity contribution in [2.75, 3.05) is 21.3 Å². The molecule has 0 aliphatic heterocycles. The van der Waals surface area contributed by atoms with E-state index in [-0.39, 0.29) is 22.4 Å². The molecule has 0 atom stereocenters. The van der Waals surface area contributed by atoms with Crippen molar-refractivity contribution < 1.29 is 52.7 Å². The zero-order valence-corrected chi connectivity index (χ0v) is 27.7. The molecule has 276 valence electrons. The van der Waals surface area contributed by atoms with Gasteiger partial charge in [-0.25, -0.2) is 0 Å². The van der Waals surface area contributed by atoms with Gasteiger partial charge in [0, 0.05) is 22.7 Å². The topological polar surface area (TPSA) is 48.1 Å². The third-order valence-electron chi connectivity index (χ3n) is 7.90. The average Bonchev–Trinajstić information content (AvgIpc) is 3.01. The van der Waals surface area contributed by atoms with Gasteiger partial charge in [-0.2, -0.15) is 52.7 Å². The Morgan fingerprint density at radius 1 is 0.404 bits per heavy atom. The van der Waals surface area contributed by atoms with Gasteiger partial charge in [0.2, 0.25) is 0 Å². The Morgan fingerprint density at radius 3 is 1.00 bits per heavy atom. The molecule has 18 heteroatoms. The lowest BCUT2D eigenvalue weighted by Crippen LogP contribution is -2.22. The van der Waals surface area contributed by atoms with Gasteiger partial charge in [0.05, 0.1) is 22.3 Å². The molecule has 4 nitrogen and oxygen atoms in total. The van der Waals surface area contributed by atoms with Crippen LogP contribution < -0.4 is 21.3 Å². The van der Waals surface area contributed by atoms with Crippen molar-refractivity contribution in [3.05, 3.63) is 117 Å². The van der Waals surface area contributed by atoms with Crippen molar-refractivity contribution in [2.45, 2.75) is 50.4 Å². The second-order valence-corrected chi connectivity index (χ2v) is 12.5. The number of anilines is 4. The lowest BCUT2D eigenvalue weighted by molar-refractivity contribution is -0.144. The number of nitrogens with one attached hydrogen (secondary N) is 4. The Hall–Kier alpha value is -4.58. The molecule has 0 radical (unpaired) electrons. The van der Waals surface area contributed by atoms with Gasteiger partial charge in [-0.15, -0.1) is 0 Å². The molecule has 0 unspecified atom stereocenters. The van der Waals surface area contributed by atoms with Crippen LogP contribution in [0.1, 0.15) is 44.5 Å². The van der Waals surface area contributed by atoms with Crippen LogP contribution in [0.15, 0.2) is 72.8 Å². The molecule has 4 aliphatic carbocycles. The van der Waals surface area contributed by atoms with Crippen LogP contribution in [0.25, 0.3) is 0 Å². The van der Waals surface area contributed by atoms with E-state index < -0.39 is 58.3 Å². The van der Waals surface area contributed by atoms with Gasteiger partial charge < -0.3 is 21.3 Å². The van der Waals surface area contributed by atoms with Crippen LogP contribution in [0.2, 0.25) is 0 Å². The zero-order chi connectivity index (χ0) is 38.2. The van der Waals surface area contributed by atoms with E-state index in [2.05, 4.69) is 21.3 Å². The van der Waals surface area contributed by atoms with Crippen LogP contribution in [0.3, 0.4) is 0 Å². The van der Waals surface area contributed by atoms with E-state index in [4.69, 9.17) is 24.4 Å². The smallest absolute Gasteiger partial charge is 0.332 e. The molecule has 4 aliphatic rings. The van der Waals surface area contributed by atoms with E-state index >= 15 is 0 Å². The molecule has 0 heterocycles. The van der Waals surface area contributed by atoms with E-state index in [0.29, 0.717) is 72.5 Å². The second-order valence-electron chi connectivity index (χ2n) is 11.7. The normalized spacial score (nSPS) is 13.6. The van der Waals surface area contributed by atoms with Crippen LogP contribution >= 0.6 is 24.4 Å². The molecular weight excluding hydrogens is 757 g/mol. The minimum atomic E-state index is -5.04. The molecule has 0 fully saturated rings. The summed E-state index contributed by atoms with van der Waals surface area (Å²) in [6, 6.07) is 12.8. The SMILES string of the molecule is FC(F)(F)c1cc(NC(=S)Nc2cc3ccc2CCc2ccc(c(NC(=S)Nc4cc(C(F)(F)F)cc(C(F)(F)F)c4)c2)CC3)cc(C(F)(F)F)c1. The molecule has 4 N–H and O–H groups in total. The molecule has 8 rings (SSSR count). The summed E-state index contributed by atoms with van der Waals surface area (Å²) >= 11 is 10.5. The van der Waals surface area contributed by atoms with Crippen molar-refractivity contribution >= 4 is 57.4 Å². The Bertz CT molecular complexity index is 1790. The Balaban J connectivity index is 1.33. The standard InChI is InChI=1S/C34H24F12N4S2/c35-31(36,37)21-11-22(32(38,39)40)14-25(13-21)47-29(51)49-27-9-17-1-5-19(27)8-4-18-2-6-20(7-3-17)28(10-18)50-30(52)48-26-15-23(33(41,42)43)12-24(16-26)34(44,45)46/h1-2,5-6,9-16H,3-4,7-8H2,(H2,47,49,51)(H2,48,50,52). The minimum absolute atomic E-state index is 0.00789. The van der Waals surface area contributed by atoms with E-state index in [0.717, 1.165) is 11.1 Å². The highest BCUT2D eigenvalue weighted by molar-refractivity contribution is 7.81. The maximum absolute atomic E-state index is 13.3. The summed E-state index contributed by atoms with van der Waals surface area (Å²) in [5.41, 5.74) is -3.21. The van der Waals surface area contributed by atoms with Gasteiger partial charge in [-0.3, -0.25) is 0 Å². The quantitative estimate of drug-likeness (QED) is 0.122. The highest BCUT2D eigenvalue weighted by atomic mass is 32.1. The fourth-order valence-electron chi connectivity index (χ4n) is 5.41. The summed E-state index contributed by atoms with van der Waals surface area (Å²) in [6.45, 7) is 0. The summed E-state index contributed by atoms with van der Waals surface area (Å²) in [5, 5.41) is 10.1. The Kier molecular flexibility index (Phi) is 10.7. The maximum atomic E-state index is 13.3. The van der Waals surface area contributed by atoms with Crippen LogP contribution in [0, 0.1) is 0 Å². The fourth-order valence-corrected chi connectivity index (χ4v) is 5.86. The molecular formula is C34H24F12N4S2. The van der Waals surface area contributed by atoms with Gasteiger partial charge >= 0.3 is 24.7 Å². The molecule has 4 aromatic rings. The van der Waals surface area contributed by atoms with Crippen molar-refractivity contribution in [3.8, 4) is 0 Å². The van der Waals surface area contributed by atoms with Crippen LogP contribution in [-0.4, -0.2) is 10.2 Å². The number of alkyl halides is 12. The third kappa shape index (κ3) is 9.84. The lowest BCUT2D eigenvalue weighted by atomic mass is 9.94. The van der Waals surface area contributed by atoms with Crippen LogP contribution in [-0.2, 0) is 50.4 Å². The van der Waals surface area contributed by atoms with E-state index in [1.165, 1.54) is 0 Å². The van der Waals surface area contributed by atoms with E-state index in [1.807, 2.05) is 24.3 Å². The highest BCUT2D eigenvalue weighted by Crippen LogP contribution is 2.39. The average molecular weight is 781 g/mol. The predicted octanol–water partition coefficient (Wildman–Crippen LogP) is 11.3. The van der Waals surface area contributed by atoms with Gasteiger partial charge in [0.1, 0.15) is 0 Å². The number of thiocarbonyl (C=S) groups is 2. The van der Waals surface area contributed by atoms with E-state index in [1.54, 1.807) is 12.1 Å². The number of aryl methyl sites for hydroxylation is 4. The summed E-state index contributed by atoms with van der Waals surface area (Å²) in [4.78, 5) is 0. The van der Waals surface area contributed by atoms with Crippen molar-refractivity contribution in [2.24, 2.45) is 0 Å². The van der Waals surface area contributed by atoms with Crippen molar-refractivity contribution in [1.82, 2.24) is 0 Å². The van der Waals surface area contributed by atoms with Gasteiger partial charge in [0.15, 0.2) is 10.2 Å². The first-order valence-corrected chi connectivity index (χ1v) is 15.8. The zero-order valence-electron chi connectivity index (χ0n) is 26.1. The molecule has 4 bridgehead atoms. The van der Waals surface area contributed by atoms with Gasteiger partial charge in [-0.1, -0.05) is 24.3 Å². The molecule has 0 saturated carbocycles. The molecule has 0 amide bonds. The Morgan fingerprint density at radius 2 is 0.712 bits per heavy atom. The maximum Gasteiger partial charge on any atom is 0.416 e. The number of hydrogen-bond donors (Lipinski definition) is 4. The fraction of sp³-hybridized carbons (Fsp3) is 0.235. The molecule has 0 saturated heterocycles. The first kappa shape index (κ1) is 38.6.